The highest BCUT2D eigenvalue weighted by molar-refractivity contribution is 5.88. The number of hydrogen-bond donors (Lipinski definition) is 2. The molecule has 26 heavy (non-hydrogen) atoms. The molecule has 130 valence electrons. The van der Waals surface area contributed by atoms with Crippen LogP contribution in [0.1, 0.15) is 36.1 Å². The second-order valence-corrected chi connectivity index (χ2v) is 6.81. The van der Waals surface area contributed by atoms with Crippen molar-refractivity contribution in [1.29, 1.82) is 0 Å². The predicted octanol–water partition coefficient (Wildman–Crippen LogP) is 2.66. The van der Waals surface area contributed by atoms with Gasteiger partial charge >= 0.3 is 11.9 Å². The summed E-state index contributed by atoms with van der Waals surface area (Å²) in [5.41, 5.74) is 2.48. The van der Waals surface area contributed by atoms with E-state index in [0.717, 1.165) is 12.4 Å². The molecule has 0 fully saturated rings. The van der Waals surface area contributed by atoms with Gasteiger partial charge in [0.1, 0.15) is 6.04 Å². The Hall–Kier alpha value is -3.15. The highest BCUT2D eigenvalue weighted by atomic mass is 16.2. The van der Waals surface area contributed by atoms with Crippen molar-refractivity contribution in [2.75, 3.05) is 10.6 Å². The normalized spacial score (nSPS) is 21.3. The molecule has 3 heterocycles. The molecule has 0 spiro atoms. The Balaban J connectivity index is 1.63. The molecule has 2 aliphatic heterocycles. The van der Waals surface area contributed by atoms with E-state index in [1.165, 1.54) is 11.1 Å². The third-order valence-electron chi connectivity index (χ3n) is 5.19. The van der Waals surface area contributed by atoms with Crippen molar-refractivity contribution in [1.82, 2.24) is 9.78 Å². The van der Waals surface area contributed by atoms with Crippen LogP contribution in [-0.2, 0) is 11.3 Å². The van der Waals surface area contributed by atoms with Gasteiger partial charge in [-0.1, -0.05) is 60.7 Å². The smallest absolute Gasteiger partial charge is 0.300 e. The van der Waals surface area contributed by atoms with Crippen LogP contribution in [0.4, 0.5) is 11.9 Å². The number of nitrogens with one attached hydrogen (secondary N) is 2. The molecular formula is C20H20N5O+. The van der Waals surface area contributed by atoms with Crippen LogP contribution in [0.25, 0.3) is 0 Å². The molecule has 6 heteroatoms. The van der Waals surface area contributed by atoms with Crippen LogP contribution in [0.3, 0.4) is 0 Å². The summed E-state index contributed by atoms with van der Waals surface area (Å²) in [5, 5.41) is 11.3. The maximum Gasteiger partial charge on any atom is 0.356 e. The largest absolute Gasteiger partial charge is 0.356 e. The lowest BCUT2D eigenvalue weighted by molar-refractivity contribution is -0.671. The first-order valence-electron chi connectivity index (χ1n) is 8.98. The van der Waals surface area contributed by atoms with Gasteiger partial charge in [-0.25, -0.2) is 9.88 Å². The fourth-order valence-electron chi connectivity index (χ4n) is 3.89. The summed E-state index contributed by atoms with van der Waals surface area (Å²) >= 11 is 0. The topological polar surface area (TPSA) is 62.8 Å². The first-order valence-corrected chi connectivity index (χ1v) is 8.98. The number of amides is 1. The van der Waals surface area contributed by atoms with Crippen LogP contribution in [0.15, 0.2) is 60.7 Å². The number of rotatable bonds is 2. The van der Waals surface area contributed by atoms with E-state index in [4.69, 9.17) is 5.10 Å². The van der Waals surface area contributed by atoms with Gasteiger partial charge in [-0.15, -0.1) is 4.68 Å². The Morgan fingerprint density at radius 3 is 2.42 bits per heavy atom. The van der Waals surface area contributed by atoms with E-state index in [0.29, 0.717) is 18.9 Å². The summed E-state index contributed by atoms with van der Waals surface area (Å²) in [6.07, 6.45) is 1.38. The summed E-state index contributed by atoms with van der Waals surface area (Å²) in [6, 6.07) is 21.3. The molecule has 2 aromatic carbocycles. The molecule has 0 bridgehead atoms. The SMILES string of the molecule is O=C1CC[n+]2c(nn3c2NC(c2ccccc2)CC3c2ccccc2)N1. The zero-order valence-electron chi connectivity index (χ0n) is 14.3. The molecule has 2 atom stereocenters. The maximum atomic E-state index is 11.8. The Kier molecular flexibility index (Phi) is 3.48. The molecular weight excluding hydrogens is 326 g/mol. The van der Waals surface area contributed by atoms with Crippen molar-refractivity contribution in [3.8, 4) is 0 Å². The van der Waals surface area contributed by atoms with Crippen molar-refractivity contribution >= 4 is 17.8 Å². The van der Waals surface area contributed by atoms with Crippen LogP contribution >= 0.6 is 0 Å². The van der Waals surface area contributed by atoms with E-state index < -0.39 is 0 Å². The number of fused-ring (bicyclic) bond motifs is 3. The molecule has 2 N–H and O–H groups in total. The second-order valence-electron chi connectivity index (χ2n) is 6.81. The Labute approximate surface area is 151 Å². The van der Waals surface area contributed by atoms with Crippen molar-refractivity contribution in [3.63, 3.8) is 0 Å². The van der Waals surface area contributed by atoms with E-state index in [2.05, 4.69) is 63.7 Å². The second kappa shape index (κ2) is 5.98. The summed E-state index contributed by atoms with van der Waals surface area (Å²) in [6.45, 7) is 0.645. The standard InChI is InChI=1S/C20H19N5O/c26-18-11-12-24-19(22-18)23-25-17(15-9-5-2-6-10-15)13-16(21-20(24)25)14-7-3-1-4-8-14/h1-10,16-17H,11-13H2,(H,22,23,26)/p+1. The molecule has 2 unspecified atom stereocenters. The van der Waals surface area contributed by atoms with Gasteiger partial charge in [0.15, 0.2) is 0 Å². The van der Waals surface area contributed by atoms with Crippen LogP contribution in [-0.4, -0.2) is 15.7 Å². The lowest BCUT2D eigenvalue weighted by atomic mass is 9.93. The number of carbonyl (C=O) groups is 1. The van der Waals surface area contributed by atoms with Crippen molar-refractivity contribution < 1.29 is 9.36 Å². The summed E-state index contributed by atoms with van der Waals surface area (Å²) in [5.74, 6) is 1.60. The fraction of sp³-hybridized carbons (Fsp3) is 0.250. The molecule has 3 aromatic rings. The summed E-state index contributed by atoms with van der Waals surface area (Å²) in [7, 11) is 0. The quantitative estimate of drug-likeness (QED) is 0.701. The van der Waals surface area contributed by atoms with E-state index in [1.54, 1.807) is 0 Å². The van der Waals surface area contributed by atoms with E-state index in [1.807, 2.05) is 16.8 Å². The van der Waals surface area contributed by atoms with Crippen LogP contribution in [0.2, 0.25) is 0 Å². The lowest BCUT2D eigenvalue weighted by Crippen LogP contribution is -2.46. The summed E-state index contributed by atoms with van der Waals surface area (Å²) < 4.78 is 4.10. The van der Waals surface area contributed by atoms with Gasteiger partial charge in [0, 0.05) is 6.42 Å². The highest BCUT2D eigenvalue weighted by Crippen LogP contribution is 2.37. The average Bonchev–Trinajstić information content (AvgIpc) is 3.06. The van der Waals surface area contributed by atoms with E-state index in [-0.39, 0.29) is 18.0 Å². The summed E-state index contributed by atoms with van der Waals surface area (Å²) in [4.78, 5) is 11.8. The fourth-order valence-corrected chi connectivity index (χ4v) is 3.89. The van der Waals surface area contributed by atoms with Crippen LogP contribution in [0.5, 0.6) is 0 Å². The number of nitrogens with zero attached hydrogens (tertiary/aromatic N) is 3. The minimum Gasteiger partial charge on any atom is -0.300 e. The van der Waals surface area contributed by atoms with Crippen LogP contribution in [0, 0.1) is 0 Å². The van der Waals surface area contributed by atoms with Crippen LogP contribution < -0.4 is 15.2 Å². The zero-order chi connectivity index (χ0) is 17.5. The molecule has 1 amide bonds. The molecule has 2 aliphatic rings. The Morgan fingerprint density at radius 2 is 1.69 bits per heavy atom. The highest BCUT2D eigenvalue weighted by Gasteiger charge is 2.39. The van der Waals surface area contributed by atoms with Crippen molar-refractivity contribution in [2.24, 2.45) is 0 Å². The number of hydrogen-bond acceptors (Lipinski definition) is 3. The molecule has 5 rings (SSSR count). The van der Waals surface area contributed by atoms with E-state index >= 15 is 0 Å². The third-order valence-corrected chi connectivity index (χ3v) is 5.19. The van der Waals surface area contributed by atoms with Crippen molar-refractivity contribution in [3.05, 3.63) is 71.8 Å². The first kappa shape index (κ1) is 15.1. The van der Waals surface area contributed by atoms with Crippen molar-refractivity contribution in [2.45, 2.75) is 31.5 Å². The molecule has 0 saturated heterocycles. The van der Waals surface area contributed by atoms with Gasteiger partial charge in [0.25, 0.3) is 5.91 Å². The molecule has 0 aliphatic carbocycles. The first-order chi connectivity index (χ1) is 12.8. The molecule has 6 nitrogen and oxygen atoms in total. The Bertz CT molecular complexity index is 951. The van der Waals surface area contributed by atoms with Gasteiger partial charge in [-0.05, 0) is 16.2 Å². The number of aromatic nitrogens is 3. The number of benzene rings is 2. The lowest BCUT2D eigenvalue weighted by Gasteiger charge is -2.28. The van der Waals surface area contributed by atoms with Gasteiger partial charge in [0.05, 0.1) is 19.0 Å². The van der Waals surface area contributed by atoms with Gasteiger partial charge in [-0.2, -0.15) is 0 Å². The average molecular weight is 346 g/mol. The monoisotopic (exact) mass is 346 g/mol. The molecule has 1 aromatic heterocycles. The zero-order valence-corrected chi connectivity index (χ0v) is 14.3. The predicted molar refractivity (Wildman–Crippen MR) is 97.7 cm³/mol. The molecule has 0 saturated carbocycles. The van der Waals surface area contributed by atoms with Gasteiger partial charge in [-0.3, -0.25) is 10.1 Å². The van der Waals surface area contributed by atoms with Gasteiger partial charge < -0.3 is 0 Å². The number of anilines is 2. The minimum atomic E-state index is 0.0244. The van der Waals surface area contributed by atoms with E-state index in [9.17, 15) is 4.79 Å². The number of carbonyl (C=O) groups excluding carboxylic acids is 1. The van der Waals surface area contributed by atoms with Gasteiger partial charge in [0.2, 0.25) is 0 Å². The Morgan fingerprint density at radius 1 is 1.00 bits per heavy atom. The molecule has 0 radical (unpaired) electrons. The third kappa shape index (κ3) is 2.45. The maximum absolute atomic E-state index is 11.8. The minimum absolute atomic E-state index is 0.0244.